The number of halogens is 1. The van der Waals surface area contributed by atoms with Crippen LogP contribution in [-0.4, -0.2) is 95.9 Å². The Kier molecular flexibility index (Phi) is 9.32. The highest BCUT2D eigenvalue weighted by Gasteiger charge is 2.40. The van der Waals surface area contributed by atoms with Gasteiger partial charge in [0.2, 0.25) is 11.8 Å². The molecule has 6 rings (SSSR count). The number of nitrogens with zero attached hydrogens (tertiary/aromatic N) is 6. The molecule has 1 aromatic carbocycles. The van der Waals surface area contributed by atoms with Crippen LogP contribution in [0.4, 0.5) is 32.5 Å². The van der Waals surface area contributed by atoms with Gasteiger partial charge in [-0.25, -0.2) is 19.3 Å². The van der Waals surface area contributed by atoms with Crippen molar-refractivity contribution in [3.05, 3.63) is 77.2 Å². The van der Waals surface area contributed by atoms with E-state index in [1.807, 2.05) is 36.9 Å². The molecule has 1 atom stereocenters. The molecule has 0 spiro atoms. The van der Waals surface area contributed by atoms with Crippen LogP contribution in [0.2, 0.25) is 0 Å². The average Bonchev–Trinajstić information content (AvgIpc) is 3.55. The fourth-order valence-electron chi connectivity index (χ4n) is 5.49. The molecule has 0 radical (unpaired) electrons. The van der Waals surface area contributed by atoms with Crippen molar-refractivity contribution in [3.8, 4) is 17.0 Å². The van der Waals surface area contributed by atoms with E-state index in [4.69, 9.17) is 14.7 Å². The van der Waals surface area contributed by atoms with Gasteiger partial charge in [0.15, 0.2) is 22.5 Å². The van der Waals surface area contributed by atoms with Crippen LogP contribution < -0.4 is 25.6 Å². The number of likely N-dealkylation sites (N-methyl/N-ethyl adjacent to an activating group) is 1. The largest absolute Gasteiger partial charge is 0.493 e. The Morgan fingerprint density at radius 1 is 1.17 bits per heavy atom. The molecular formula is C33H34FN9O4S. The lowest BCUT2D eigenvalue weighted by atomic mass is 10.0. The molecule has 48 heavy (non-hydrogen) atoms. The summed E-state index contributed by atoms with van der Waals surface area (Å²) >= 11 is 1.07. The number of fused-ring (bicyclic) bond motifs is 3. The van der Waals surface area contributed by atoms with Crippen molar-refractivity contribution in [1.29, 1.82) is 0 Å². The van der Waals surface area contributed by atoms with Gasteiger partial charge in [-0.1, -0.05) is 29.5 Å². The van der Waals surface area contributed by atoms with Crippen LogP contribution in [0.3, 0.4) is 0 Å². The standard InChI is InChI=1S/C33H34FN9O4S/c1-19-20(16-35-30-28(19)39-31(45)24-18-42(14-15-43(24)30)27(44)10-7-13-41(2)3)22-11-12-25(47-4)29(37-22)40-33-36-17-26(48-33)32(46)38-23-9-6-5-8-21(23)34/h5-12,16-17,24H,13-15,18H2,1-4H3,(H,38,46)(H,39,45)(H,36,37,40)/b10-7+. The summed E-state index contributed by atoms with van der Waals surface area (Å²) in [7, 11) is 5.37. The summed E-state index contributed by atoms with van der Waals surface area (Å²) < 4.78 is 19.5. The number of anilines is 5. The van der Waals surface area contributed by atoms with E-state index in [1.165, 1.54) is 25.4 Å². The molecule has 1 saturated heterocycles. The number of rotatable bonds is 9. The van der Waals surface area contributed by atoms with Crippen LogP contribution in [0.15, 0.2) is 60.9 Å². The number of amides is 3. The summed E-state index contributed by atoms with van der Waals surface area (Å²) in [5.41, 5.74) is 2.71. The number of pyridine rings is 2. The maximum atomic E-state index is 14.0. The molecular weight excluding hydrogens is 637 g/mol. The number of carbonyl (C=O) groups is 3. The molecule has 248 valence electrons. The first-order valence-corrected chi connectivity index (χ1v) is 16.0. The number of benzene rings is 1. The molecule has 13 nitrogen and oxygen atoms in total. The minimum Gasteiger partial charge on any atom is -0.493 e. The highest BCUT2D eigenvalue weighted by atomic mass is 32.1. The van der Waals surface area contributed by atoms with E-state index < -0.39 is 17.8 Å². The number of piperazine rings is 1. The molecule has 5 heterocycles. The number of para-hydroxylation sites is 1. The minimum atomic E-state index is -0.554. The third-order valence-electron chi connectivity index (χ3n) is 8.00. The molecule has 1 fully saturated rings. The van der Waals surface area contributed by atoms with Crippen molar-refractivity contribution < 1.29 is 23.5 Å². The number of ether oxygens (including phenoxy) is 1. The van der Waals surface area contributed by atoms with Crippen LogP contribution in [-0.2, 0) is 9.59 Å². The molecule has 2 aliphatic rings. The minimum absolute atomic E-state index is 0.0723. The van der Waals surface area contributed by atoms with Crippen molar-refractivity contribution in [3.63, 3.8) is 0 Å². The zero-order chi connectivity index (χ0) is 33.9. The molecule has 3 amide bonds. The van der Waals surface area contributed by atoms with Crippen LogP contribution in [0.25, 0.3) is 11.3 Å². The number of thiazole rings is 1. The van der Waals surface area contributed by atoms with Crippen molar-refractivity contribution >= 4 is 57.2 Å². The summed E-state index contributed by atoms with van der Waals surface area (Å²) in [5.74, 6) is 0.0785. The Labute approximate surface area is 280 Å². The molecule has 0 aliphatic carbocycles. The maximum Gasteiger partial charge on any atom is 0.267 e. The predicted molar refractivity (Wildman–Crippen MR) is 183 cm³/mol. The number of hydrogen-bond donors (Lipinski definition) is 3. The van der Waals surface area contributed by atoms with Gasteiger partial charge >= 0.3 is 0 Å². The van der Waals surface area contributed by atoms with Gasteiger partial charge in [-0.2, -0.15) is 0 Å². The molecule has 3 aromatic heterocycles. The van der Waals surface area contributed by atoms with E-state index in [2.05, 4.69) is 20.9 Å². The highest BCUT2D eigenvalue weighted by Crippen LogP contribution is 2.39. The molecule has 2 aliphatic heterocycles. The Morgan fingerprint density at radius 3 is 2.75 bits per heavy atom. The van der Waals surface area contributed by atoms with Gasteiger partial charge in [0, 0.05) is 37.5 Å². The van der Waals surface area contributed by atoms with Crippen molar-refractivity contribution in [2.24, 2.45) is 0 Å². The summed E-state index contributed by atoms with van der Waals surface area (Å²) in [4.78, 5) is 58.5. The van der Waals surface area contributed by atoms with Crippen LogP contribution in [0, 0.1) is 12.7 Å². The third kappa shape index (κ3) is 6.68. The Morgan fingerprint density at radius 2 is 1.98 bits per heavy atom. The number of hydrogen-bond acceptors (Lipinski definition) is 11. The Balaban J connectivity index is 1.20. The Hall–Kier alpha value is -5.41. The normalized spacial score (nSPS) is 15.6. The molecule has 0 bridgehead atoms. The first-order chi connectivity index (χ1) is 23.1. The first-order valence-electron chi connectivity index (χ1n) is 15.1. The second kappa shape index (κ2) is 13.8. The molecule has 3 N–H and O–H groups in total. The van der Waals surface area contributed by atoms with Crippen molar-refractivity contribution in [1.82, 2.24) is 24.8 Å². The molecule has 1 unspecified atom stereocenters. The topological polar surface area (TPSA) is 145 Å². The maximum absolute atomic E-state index is 14.0. The molecule has 4 aromatic rings. The fraction of sp³-hybridized carbons (Fsp3) is 0.273. The van der Waals surface area contributed by atoms with Gasteiger partial charge in [-0.15, -0.1) is 0 Å². The quantitative estimate of drug-likeness (QED) is 0.222. The second-order valence-corrected chi connectivity index (χ2v) is 12.5. The van der Waals surface area contributed by atoms with E-state index >= 15 is 0 Å². The molecule has 15 heteroatoms. The zero-order valence-corrected chi connectivity index (χ0v) is 27.6. The van der Waals surface area contributed by atoms with E-state index in [-0.39, 0.29) is 28.9 Å². The predicted octanol–water partition coefficient (Wildman–Crippen LogP) is 4.14. The summed E-state index contributed by atoms with van der Waals surface area (Å²) in [5, 5.41) is 9.07. The SMILES string of the molecule is COc1ccc(-c2cnc3c(c2C)NC(=O)C2CN(C(=O)/C=C/CN(C)C)CCN32)nc1Nc1ncc(C(=O)Nc2ccccc2F)s1. The smallest absolute Gasteiger partial charge is 0.267 e. The zero-order valence-electron chi connectivity index (χ0n) is 26.8. The van der Waals surface area contributed by atoms with Crippen LogP contribution in [0.5, 0.6) is 5.75 Å². The number of methoxy groups -OCH3 is 1. The van der Waals surface area contributed by atoms with Crippen molar-refractivity contribution in [2.45, 2.75) is 13.0 Å². The van der Waals surface area contributed by atoms with E-state index in [0.717, 1.165) is 16.9 Å². The number of carbonyl (C=O) groups excluding carboxylic acids is 3. The highest BCUT2D eigenvalue weighted by molar-refractivity contribution is 7.17. The monoisotopic (exact) mass is 671 g/mol. The van der Waals surface area contributed by atoms with Gasteiger partial charge < -0.3 is 35.4 Å². The van der Waals surface area contributed by atoms with Gasteiger partial charge in [0.05, 0.1) is 36.9 Å². The summed E-state index contributed by atoms with van der Waals surface area (Å²) in [6.45, 7) is 3.74. The van der Waals surface area contributed by atoms with Gasteiger partial charge in [0.1, 0.15) is 16.7 Å². The first kappa shape index (κ1) is 32.5. The second-order valence-electron chi connectivity index (χ2n) is 11.5. The fourth-order valence-corrected chi connectivity index (χ4v) is 6.20. The van der Waals surface area contributed by atoms with Gasteiger partial charge in [-0.05, 0) is 50.8 Å². The van der Waals surface area contributed by atoms with Crippen molar-refractivity contribution in [2.75, 3.05) is 68.2 Å². The van der Waals surface area contributed by atoms with Gasteiger partial charge in [-0.3, -0.25) is 14.4 Å². The van der Waals surface area contributed by atoms with E-state index in [9.17, 15) is 18.8 Å². The number of nitrogens with one attached hydrogen (secondary N) is 3. The lowest BCUT2D eigenvalue weighted by Crippen LogP contribution is -2.61. The van der Waals surface area contributed by atoms with Crippen LogP contribution >= 0.6 is 11.3 Å². The number of aromatic nitrogens is 3. The van der Waals surface area contributed by atoms with Crippen LogP contribution in [0.1, 0.15) is 15.2 Å². The summed E-state index contributed by atoms with van der Waals surface area (Å²) in [6.07, 6.45) is 6.49. The lowest BCUT2D eigenvalue weighted by Gasteiger charge is -2.44. The van der Waals surface area contributed by atoms with Gasteiger partial charge in [0.25, 0.3) is 5.91 Å². The Bertz CT molecular complexity index is 1910. The summed E-state index contributed by atoms with van der Waals surface area (Å²) in [6, 6.07) is 8.90. The van der Waals surface area contributed by atoms with E-state index in [0.29, 0.717) is 59.1 Å². The van der Waals surface area contributed by atoms with E-state index in [1.54, 1.807) is 41.4 Å². The molecule has 0 saturated carbocycles. The lowest BCUT2D eigenvalue weighted by molar-refractivity contribution is -0.128. The third-order valence-corrected chi connectivity index (χ3v) is 8.91. The average molecular weight is 672 g/mol.